The molecule has 0 radical (unpaired) electrons. The van der Waals surface area contributed by atoms with Crippen molar-refractivity contribution in [1.82, 2.24) is 0 Å². The Morgan fingerprint density at radius 1 is 1.19 bits per heavy atom. The largest absolute Gasteiger partial charge is 0.507 e. The van der Waals surface area contributed by atoms with Gasteiger partial charge in [0.05, 0.1) is 7.11 Å². The van der Waals surface area contributed by atoms with Crippen LogP contribution in [0.5, 0.6) is 5.75 Å². The highest BCUT2D eigenvalue weighted by atomic mass is 16.5. The SMILES string of the molecule is COC(=O)C(Cc1ccccc1)N=Cc1ccccc1O. The van der Waals surface area contributed by atoms with Gasteiger partial charge >= 0.3 is 5.97 Å². The topological polar surface area (TPSA) is 58.9 Å². The first kappa shape index (κ1) is 14.8. The third kappa shape index (κ3) is 4.18. The summed E-state index contributed by atoms with van der Waals surface area (Å²) in [4.78, 5) is 16.1. The molecule has 0 aliphatic carbocycles. The zero-order valence-corrected chi connectivity index (χ0v) is 11.8. The van der Waals surface area contributed by atoms with Crippen LogP contribution in [0.3, 0.4) is 0 Å². The fourth-order valence-corrected chi connectivity index (χ4v) is 1.94. The maximum absolute atomic E-state index is 11.8. The molecule has 0 aliphatic heterocycles. The summed E-state index contributed by atoms with van der Waals surface area (Å²) in [7, 11) is 1.34. The Morgan fingerprint density at radius 2 is 1.86 bits per heavy atom. The summed E-state index contributed by atoms with van der Waals surface area (Å²) < 4.78 is 4.79. The van der Waals surface area contributed by atoms with E-state index >= 15 is 0 Å². The molecule has 4 heteroatoms. The normalized spacial score (nSPS) is 12.2. The van der Waals surface area contributed by atoms with E-state index in [9.17, 15) is 9.90 Å². The highest BCUT2D eigenvalue weighted by molar-refractivity contribution is 5.86. The molecule has 1 atom stereocenters. The van der Waals surface area contributed by atoms with Crippen molar-refractivity contribution in [2.24, 2.45) is 4.99 Å². The molecule has 1 unspecified atom stereocenters. The number of para-hydroxylation sites is 1. The Bertz CT molecular complexity index is 623. The predicted molar refractivity (Wildman–Crippen MR) is 81.7 cm³/mol. The summed E-state index contributed by atoms with van der Waals surface area (Å²) in [6, 6.07) is 15.8. The van der Waals surface area contributed by atoms with Gasteiger partial charge in [-0.05, 0) is 17.7 Å². The lowest BCUT2D eigenvalue weighted by Gasteiger charge is -2.10. The number of nitrogens with zero attached hydrogens (tertiary/aromatic N) is 1. The van der Waals surface area contributed by atoms with Gasteiger partial charge < -0.3 is 9.84 Å². The molecule has 0 heterocycles. The summed E-state index contributed by atoms with van der Waals surface area (Å²) in [6.07, 6.45) is 1.96. The molecule has 2 aromatic rings. The number of phenols is 1. The molecule has 0 amide bonds. The Labute approximate surface area is 123 Å². The number of aliphatic imine (C=N–C) groups is 1. The van der Waals surface area contributed by atoms with Crippen LogP contribution < -0.4 is 0 Å². The van der Waals surface area contributed by atoms with E-state index < -0.39 is 12.0 Å². The molecule has 0 saturated heterocycles. The van der Waals surface area contributed by atoms with Gasteiger partial charge in [-0.1, -0.05) is 42.5 Å². The number of ether oxygens (including phenoxy) is 1. The van der Waals surface area contributed by atoms with E-state index in [0.717, 1.165) is 5.56 Å². The molecule has 0 aliphatic rings. The third-order valence-corrected chi connectivity index (χ3v) is 3.08. The first-order valence-corrected chi connectivity index (χ1v) is 6.63. The Hall–Kier alpha value is -2.62. The summed E-state index contributed by atoms with van der Waals surface area (Å²) >= 11 is 0. The van der Waals surface area contributed by atoms with Crippen molar-refractivity contribution in [2.75, 3.05) is 7.11 Å². The second-order valence-electron chi connectivity index (χ2n) is 4.57. The molecule has 4 nitrogen and oxygen atoms in total. The zero-order valence-electron chi connectivity index (χ0n) is 11.8. The summed E-state index contributed by atoms with van der Waals surface area (Å²) in [5.41, 5.74) is 1.57. The van der Waals surface area contributed by atoms with E-state index in [-0.39, 0.29) is 5.75 Å². The van der Waals surface area contributed by atoms with Crippen LogP contribution in [0.4, 0.5) is 0 Å². The van der Waals surface area contributed by atoms with Crippen LogP contribution in [0, 0.1) is 0 Å². The minimum absolute atomic E-state index is 0.129. The number of carbonyl (C=O) groups excluding carboxylic acids is 1. The van der Waals surface area contributed by atoms with Crippen LogP contribution in [0.15, 0.2) is 59.6 Å². The number of hydrogen-bond acceptors (Lipinski definition) is 4. The second-order valence-corrected chi connectivity index (χ2v) is 4.57. The summed E-state index contributed by atoms with van der Waals surface area (Å²) in [6.45, 7) is 0. The number of methoxy groups -OCH3 is 1. The van der Waals surface area contributed by atoms with Crippen molar-refractivity contribution >= 4 is 12.2 Å². The third-order valence-electron chi connectivity index (χ3n) is 3.08. The summed E-state index contributed by atoms with van der Waals surface area (Å²) in [5, 5.41) is 9.70. The van der Waals surface area contributed by atoms with E-state index in [1.165, 1.54) is 13.3 Å². The molecule has 0 aromatic heterocycles. The number of carbonyl (C=O) groups is 1. The molecular formula is C17H17NO3. The van der Waals surface area contributed by atoms with Gasteiger partial charge in [0.25, 0.3) is 0 Å². The van der Waals surface area contributed by atoms with Gasteiger partial charge in [-0.25, -0.2) is 4.79 Å². The first-order valence-electron chi connectivity index (χ1n) is 6.63. The van der Waals surface area contributed by atoms with Crippen LogP contribution in [0.25, 0.3) is 0 Å². The lowest BCUT2D eigenvalue weighted by atomic mass is 10.1. The van der Waals surface area contributed by atoms with Crippen LogP contribution >= 0.6 is 0 Å². The molecule has 2 rings (SSSR count). The number of esters is 1. The molecule has 0 saturated carbocycles. The molecule has 108 valence electrons. The van der Waals surface area contributed by atoms with Gasteiger partial charge in [-0.2, -0.15) is 0 Å². The molecule has 0 fully saturated rings. The number of phenolic OH excluding ortho intramolecular Hbond substituents is 1. The maximum Gasteiger partial charge on any atom is 0.330 e. The smallest absolute Gasteiger partial charge is 0.330 e. The van der Waals surface area contributed by atoms with E-state index in [0.29, 0.717) is 12.0 Å². The number of rotatable bonds is 5. The molecular weight excluding hydrogens is 266 g/mol. The monoisotopic (exact) mass is 283 g/mol. The Balaban J connectivity index is 2.17. The van der Waals surface area contributed by atoms with Crippen molar-refractivity contribution in [1.29, 1.82) is 0 Å². The second kappa shape index (κ2) is 7.24. The van der Waals surface area contributed by atoms with Gasteiger partial charge in [0, 0.05) is 18.2 Å². The van der Waals surface area contributed by atoms with Crippen molar-refractivity contribution in [3.05, 3.63) is 65.7 Å². The molecule has 21 heavy (non-hydrogen) atoms. The van der Waals surface area contributed by atoms with E-state index in [1.54, 1.807) is 24.3 Å². The zero-order chi connectivity index (χ0) is 15.1. The van der Waals surface area contributed by atoms with Crippen LogP contribution in [0.2, 0.25) is 0 Å². The van der Waals surface area contributed by atoms with Crippen LogP contribution in [-0.2, 0) is 16.0 Å². The minimum atomic E-state index is -0.628. The molecule has 0 bridgehead atoms. The Morgan fingerprint density at radius 3 is 2.52 bits per heavy atom. The molecule has 0 spiro atoms. The van der Waals surface area contributed by atoms with Gasteiger partial charge in [-0.15, -0.1) is 0 Å². The number of aromatic hydroxyl groups is 1. The molecule has 2 aromatic carbocycles. The Kier molecular flexibility index (Phi) is 5.10. The maximum atomic E-state index is 11.8. The van der Waals surface area contributed by atoms with Crippen molar-refractivity contribution in [2.45, 2.75) is 12.5 Å². The first-order chi connectivity index (χ1) is 10.2. The van der Waals surface area contributed by atoms with Gasteiger partial charge in [0.15, 0.2) is 6.04 Å². The van der Waals surface area contributed by atoms with Crippen molar-refractivity contribution in [3.8, 4) is 5.75 Å². The number of benzene rings is 2. The average molecular weight is 283 g/mol. The standard InChI is InChI=1S/C17H17NO3/c1-21-17(20)15(11-13-7-3-2-4-8-13)18-12-14-9-5-6-10-16(14)19/h2-10,12,15,19H,11H2,1H3. The fraction of sp³-hybridized carbons (Fsp3) is 0.176. The van der Waals surface area contributed by atoms with E-state index in [2.05, 4.69) is 4.99 Å². The predicted octanol–water partition coefficient (Wildman–Crippen LogP) is 2.60. The van der Waals surface area contributed by atoms with Crippen molar-refractivity contribution in [3.63, 3.8) is 0 Å². The molecule has 1 N–H and O–H groups in total. The fourth-order valence-electron chi connectivity index (χ4n) is 1.94. The van der Waals surface area contributed by atoms with Gasteiger partial charge in [-0.3, -0.25) is 4.99 Å². The highest BCUT2D eigenvalue weighted by Crippen LogP contribution is 2.14. The van der Waals surface area contributed by atoms with Gasteiger partial charge in [0.2, 0.25) is 0 Å². The quantitative estimate of drug-likeness (QED) is 0.678. The van der Waals surface area contributed by atoms with Crippen LogP contribution in [-0.4, -0.2) is 30.4 Å². The van der Waals surface area contributed by atoms with Gasteiger partial charge in [0.1, 0.15) is 5.75 Å². The lowest BCUT2D eigenvalue weighted by molar-refractivity contribution is -0.142. The van der Waals surface area contributed by atoms with Crippen LogP contribution in [0.1, 0.15) is 11.1 Å². The summed E-state index contributed by atoms with van der Waals surface area (Å²) in [5.74, 6) is -0.268. The number of hydrogen-bond donors (Lipinski definition) is 1. The van der Waals surface area contributed by atoms with E-state index in [1.807, 2.05) is 30.3 Å². The van der Waals surface area contributed by atoms with Crippen molar-refractivity contribution < 1.29 is 14.6 Å². The average Bonchev–Trinajstić information content (AvgIpc) is 2.53. The van der Waals surface area contributed by atoms with E-state index in [4.69, 9.17) is 4.74 Å². The highest BCUT2D eigenvalue weighted by Gasteiger charge is 2.17. The lowest BCUT2D eigenvalue weighted by Crippen LogP contribution is -2.23. The minimum Gasteiger partial charge on any atom is -0.507 e.